The molecule has 0 unspecified atom stereocenters. The third-order valence-electron chi connectivity index (χ3n) is 3.97. The van der Waals surface area contributed by atoms with Crippen molar-refractivity contribution >= 4 is 41.0 Å². The molecule has 6 heteroatoms. The van der Waals surface area contributed by atoms with E-state index in [1.165, 1.54) is 18.4 Å². The van der Waals surface area contributed by atoms with Crippen LogP contribution in [0.25, 0.3) is 11.0 Å². The predicted molar refractivity (Wildman–Crippen MR) is 97.0 cm³/mol. The lowest BCUT2D eigenvalue weighted by Crippen LogP contribution is -2.35. The number of nitrogens with two attached hydrogens (primary N) is 1. The van der Waals surface area contributed by atoms with Gasteiger partial charge in [0, 0.05) is 20.1 Å². The molecule has 1 saturated carbocycles. The summed E-state index contributed by atoms with van der Waals surface area (Å²) in [4.78, 5) is 11.2. The highest BCUT2D eigenvalue weighted by molar-refractivity contribution is 14.0. The number of hydrogen-bond donors (Lipinski definition) is 1. The second-order valence-electron chi connectivity index (χ2n) is 5.60. The molecule has 0 aliphatic heterocycles. The third kappa shape index (κ3) is 3.30. The van der Waals surface area contributed by atoms with Crippen LogP contribution in [0.15, 0.2) is 23.2 Å². The van der Waals surface area contributed by atoms with E-state index in [0.717, 1.165) is 16.9 Å². The highest BCUT2D eigenvalue weighted by Crippen LogP contribution is 2.25. The molecule has 2 N–H and O–H groups in total. The van der Waals surface area contributed by atoms with E-state index in [9.17, 15) is 0 Å². The van der Waals surface area contributed by atoms with Crippen molar-refractivity contribution in [3.05, 3.63) is 29.6 Å². The molecule has 3 rings (SSSR count). The number of imidazole rings is 1. The fraction of sp³-hybridized carbons (Fsp3) is 0.467. The number of aryl methyl sites for hydroxylation is 2. The Hall–Kier alpha value is -1.31. The molecule has 1 aromatic heterocycles. The molecular weight excluding hydrogens is 377 g/mol. The molecule has 0 atom stereocenters. The molecule has 0 radical (unpaired) electrons. The summed E-state index contributed by atoms with van der Waals surface area (Å²) in [7, 11) is 4.03. The van der Waals surface area contributed by atoms with Crippen LogP contribution in [0.3, 0.4) is 0 Å². The highest BCUT2D eigenvalue weighted by atomic mass is 127. The smallest absolute Gasteiger partial charge is 0.191 e. The van der Waals surface area contributed by atoms with Crippen molar-refractivity contribution in [3.8, 4) is 0 Å². The summed E-state index contributed by atoms with van der Waals surface area (Å²) in [5, 5.41) is 0. The Bertz CT molecular complexity index is 672. The number of hydrogen-bond acceptors (Lipinski definition) is 2. The zero-order valence-electron chi connectivity index (χ0n) is 12.7. The molecule has 114 valence electrons. The van der Waals surface area contributed by atoms with Gasteiger partial charge in [-0.2, -0.15) is 0 Å². The summed E-state index contributed by atoms with van der Waals surface area (Å²) < 4.78 is 2.09. The quantitative estimate of drug-likeness (QED) is 0.490. The molecule has 21 heavy (non-hydrogen) atoms. The maximum atomic E-state index is 6.01. The van der Waals surface area contributed by atoms with E-state index in [1.807, 2.05) is 14.1 Å². The number of nitrogens with zero attached hydrogens (tertiary/aromatic N) is 4. The minimum atomic E-state index is 0. The van der Waals surface area contributed by atoms with Crippen LogP contribution in [0.5, 0.6) is 0 Å². The van der Waals surface area contributed by atoms with Crippen LogP contribution in [0.1, 0.15) is 24.2 Å². The Morgan fingerprint density at radius 1 is 1.48 bits per heavy atom. The third-order valence-corrected chi connectivity index (χ3v) is 3.97. The SMILES string of the molecule is Cc1ccc2c(c1)nc(CN=C(N)N(C)C1CC1)n2C.I. The molecule has 1 fully saturated rings. The van der Waals surface area contributed by atoms with Gasteiger partial charge in [0.2, 0.25) is 0 Å². The number of fused-ring (bicyclic) bond motifs is 1. The average molecular weight is 399 g/mol. The second-order valence-corrected chi connectivity index (χ2v) is 5.60. The van der Waals surface area contributed by atoms with Gasteiger partial charge in [-0.1, -0.05) is 6.07 Å². The first-order valence-corrected chi connectivity index (χ1v) is 7.01. The maximum Gasteiger partial charge on any atom is 0.191 e. The number of halogens is 1. The standard InChI is InChI=1S/C15H21N5.HI/c1-10-4-7-13-12(8-10)18-14(20(13)3)9-17-15(16)19(2)11-5-6-11;/h4,7-8,11H,5-6,9H2,1-3H3,(H2,16,17);1H. The van der Waals surface area contributed by atoms with Gasteiger partial charge in [-0.3, -0.25) is 0 Å². The number of guanidine groups is 1. The first kappa shape index (κ1) is 16.1. The van der Waals surface area contributed by atoms with E-state index in [-0.39, 0.29) is 24.0 Å². The van der Waals surface area contributed by atoms with Gasteiger partial charge in [-0.25, -0.2) is 9.98 Å². The Morgan fingerprint density at radius 2 is 2.19 bits per heavy atom. The van der Waals surface area contributed by atoms with Crippen LogP contribution in [-0.2, 0) is 13.6 Å². The molecule has 1 aliphatic rings. The first-order chi connectivity index (χ1) is 9.56. The van der Waals surface area contributed by atoms with E-state index < -0.39 is 0 Å². The van der Waals surface area contributed by atoms with Crippen molar-refractivity contribution in [1.82, 2.24) is 14.5 Å². The minimum Gasteiger partial charge on any atom is -0.370 e. The Balaban J connectivity index is 0.00000161. The van der Waals surface area contributed by atoms with Gasteiger partial charge in [-0.05, 0) is 37.5 Å². The van der Waals surface area contributed by atoms with E-state index in [0.29, 0.717) is 18.5 Å². The van der Waals surface area contributed by atoms with Crippen LogP contribution in [-0.4, -0.2) is 33.5 Å². The first-order valence-electron chi connectivity index (χ1n) is 7.01. The summed E-state index contributed by atoms with van der Waals surface area (Å²) in [5.74, 6) is 1.55. The molecule has 0 amide bonds. The van der Waals surface area contributed by atoms with Gasteiger partial charge < -0.3 is 15.2 Å². The summed E-state index contributed by atoms with van der Waals surface area (Å²) >= 11 is 0. The molecule has 1 heterocycles. The van der Waals surface area contributed by atoms with E-state index >= 15 is 0 Å². The van der Waals surface area contributed by atoms with Crippen molar-refractivity contribution in [1.29, 1.82) is 0 Å². The van der Waals surface area contributed by atoms with Crippen molar-refractivity contribution in [2.24, 2.45) is 17.8 Å². The predicted octanol–water partition coefficient (Wildman–Crippen LogP) is 2.41. The van der Waals surface area contributed by atoms with Crippen molar-refractivity contribution in [3.63, 3.8) is 0 Å². The van der Waals surface area contributed by atoms with Crippen molar-refractivity contribution in [2.45, 2.75) is 32.4 Å². The lowest BCUT2D eigenvalue weighted by molar-refractivity contribution is 0.487. The zero-order valence-corrected chi connectivity index (χ0v) is 15.0. The fourth-order valence-electron chi connectivity index (χ4n) is 2.41. The summed E-state index contributed by atoms with van der Waals surface area (Å²) in [6, 6.07) is 6.89. The molecule has 1 aliphatic carbocycles. The monoisotopic (exact) mass is 399 g/mol. The number of rotatable bonds is 3. The molecule has 0 saturated heterocycles. The normalized spacial score (nSPS) is 15.1. The van der Waals surface area contributed by atoms with Crippen molar-refractivity contribution in [2.75, 3.05) is 7.05 Å². The van der Waals surface area contributed by atoms with E-state index in [1.54, 1.807) is 0 Å². The van der Waals surface area contributed by atoms with Gasteiger partial charge >= 0.3 is 0 Å². The van der Waals surface area contributed by atoms with Crippen LogP contribution in [0.2, 0.25) is 0 Å². The topological polar surface area (TPSA) is 59.4 Å². The number of aromatic nitrogens is 2. The van der Waals surface area contributed by atoms with Crippen LogP contribution >= 0.6 is 24.0 Å². The Labute approximate surface area is 142 Å². The molecule has 2 aromatic rings. The van der Waals surface area contributed by atoms with Crippen LogP contribution in [0, 0.1) is 6.92 Å². The second kappa shape index (κ2) is 6.21. The molecule has 0 spiro atoms. The van der Waals surface area contributed by atoms with Crippen LogP contribution < -0.4 is 5.73 Å². The molecule has 5 nitrogen and oxygen atoms in total. The summed E-state index contributed by atoms with van der Waals surface area (Å²) in [5.41, 5.74) is 9.39. The largest absolute Gasteiger partial charge is 0.370 e. The Kier molecular flexibility index (Phi) is 4.75. The zero-order chi connectivity index (χ0) is 14.3. The molecule has 0 bridgehead atoms. The van der Waals surface area contributed by atoms with Gasteiger partial charge in [0.05, 0.1) is 11.0 Å². The maximum absolute atomic E-state index is 6.01. The lowest BCUT2D eigenvalue weighted by Gasteiger charge is -2.16. The van der Waals surface area contributed by atoms with Crippen molar-refractivity contribution < 1.29 is 0 Å². The van der Waals surface area contributed by atoms with Gasteiger partial charge in [0.1, 0.15) is 12.4 Å². The lowest BCUT2D eigenvalue weighted by atomic mass is 10.2. The summed E-state index contributed by atoms with van der Waals surface area (Å²) in [6.07, 6.45) is 2.44. The van der Waals surface area contributed by atoms with Crippen LogP contribution in [0.4, 0.5) is 0 Å². The van der Waals surface area contributed by atoms with Gasteiger partial charge in [0.25, 0.3) is 0 Å². The van der Waals surface area contributed by atoms with E-state index in [4.69, 9.17) is 5.73 Å². The number of benzene rings is 1. The molecular formula is C15H22IN5. The van der Waals surface area contributed by atoms with Gasteiger partial charge in [0.15, 0.2) is 5.96 Å². The van der Waals surface area contributed by atoms with E-state index in [2.05, 4.69) is 44.6 Å². The summed E-state index contributed by atoms with van der Waals surface area (Å²) in [6.45, 7) is 2.60. The highest BCUT2D eigenvalue weighted by Gasteiger charge is 2.27. The Morgan fingerprint density at radius 3 is 2.86 bits per heavy atom. The molecule has 1 aromatic carbocycles. The van der Waals surface area contributed by atoms with Gasteiger partial charge in [-0.15, -0.1) is 24.0 Å². The average Bonchev–Trinajstić information content (AvgIpc) is 3.22. The number of aliphatic imine (C=N–C) groups is 1. The minimum absolute atomic E-state index is 0. The fourth-order valence-corrected chi connectivity index (χ4v) is 2.41.